The van der Waals surface area contributed by atoms with Crippen molar-refractivity contribution in [1.82, 2.24) is 10.2 Å². The van der Waals surface area contributed by atoms with E-state index in [4.69, 9.17) is 9.47 Å². The van der Waals surface area contributed by atoms with E-state index < -0.39 is 0 Å². The molecule has 7 nitrogen and oxygen atoms in total. The molecule has 2 aromatic carbocycles. The van der Waals surface area contributed by atoms with Crippen LogP contribution in [-0.4, -0.2) is 50.2 Å². The molecule has 4 rings (SSSR count). The highest BCUT2D eigenvalue weighted by Crippen LogP contribution is 2.35. The average molecular weight is 438 g/mol. The van der Waals surface area contributed by atoms with Crippen LogP contribution in [0.4, 0.5) is 5.69 Å². The van der Waals surface area contributed by atoms with Gasteiger partial charge in [0.25, 0.3) is 11.8 Å². The van der Waals surface area contributed by atoms with Crippen molar-refractivity contribution in [3.63, 3.8) is 0 Å². The minimum absolute atomic E-state index is 0.0712. The van der Waals surface area contributed by atoms with E-state index in [1.54, 1.807) is 26.4 Å². The fraction of sp³-hybridized carbons (Fsp3) is 0.440. The number of methoxy groups -OCH3 is 2. The highest BCUT2D eigenvalue weighted by atomic mass is 16.5. The number of fused-ring (bicyclic) bond motifs is 2. The van der Waals surface area contributed by atoms with Gasteiger partial charge in [0, 0.05) is 30.8 Å². The highest BCUT2D eigenvalue weighted by Gasteiger charge is 2.37. The molecule has 1 atom stereocenters. The number of rotatable bonds is 6. The van der Waals surface area contributed by atoms with E-state index in [1.165, 1.54) is 0 Å². The first-order chi connectivity index (χ1) is 15.6. The number of amides is 2. The first-order valence-corrected chi connectivity index (χ1v) is 11.3. The lowest BCUT2D eigenvalue weighted by atomic mass is 10.0. The van der Waals surface area contributed by atoms with Crippen molar-refractivity contribution >= 4 is 17.5 Å². The molecule has 0 bridgehead atoms. The molecular weight excluding hydrogens is 406 g/mol. The first-order valence-electron chi connectivity index (χ1n) is 11.3. The number of anilines is 1. The normalized spacial score (nSPS) is 17.8. The Hall–Kier alpha value is -3.22. The molecule has 1 saturated heterocycles. The molecule has 2 aromatic rings. The summed E-state index contributed by atoms with van der Waals surface area (Å²) in [5, 5.41) is 2.97. The van der Waals surface area contributed by atoms with E-state index in [9.17, 15) is 9.59 Å². The molecule has 0 aromatic heterocycles. The molecule has 2 aliphatic rings. The summed E-state index contributed by atoms with van der Waals surface area (Å²) >= 11 is 0. The molecule has 170 valence electrons. The van der Waals surface area contributed by atoms with Gasteiger partial charge in [-0.2, -0.15) is 0 Å². The third kappa shape index (κ3) is 4.11. The Kier molecular flexibility index (Phi) is 6.53. The van der Waals surface area contributed by atoms with E-state index in [0.29, 0.717) is 29.2 Å². The molecule has 0 spiro atoms. The Balaban J connectivity index is 1.57. The zero-order chi connectivity index (χ0) is 22.7. The second-order valence-corrected chi connectivity index (χ2v) is 8.21. The Morgan fingerprint density at radius 1 is 1.09 bits per heavy atom. The molecule has 0 aliphatic carbocycles. The summed E-state index contributed by atoms with van der Waals surface area (Å²) in [5.74, 6) is 1.27. The lowest BCUT2D eigenvalue weighted by Crippen LogP contribution is -2.55. The molecule has 0 saturated carbocycles. The van der Waals surface area contributed by atoms with Crippen LogP contribution in [0.1, 0.15) is 58.9 Å². The van der Waals surface area contributed by atoms with Crippen molar-refractivity contribution in [1.29, 1.82) is 0 Å². The van der Waals surface area contributed by atoms with Gasteiger partial charge in [-0.3, -0.25) is 9.59 Å². The van der Waals surface area contributed by atoms with Crippen molar-refractivity contribution in [2.75, 3.05) is 32.2 Å². The summed E-state index contributed by atoms with van der Waals surface area (Å²) < 4.78 is 10.7. The van der Waals surface area contributed by atoms with Crippen molar-refractivity contribution in [2.45, 2.75) is 45.3 Å². The van der Waals surface area contributed by atoms with Crippen molar-refractivity contribution in [2.24, 2.45) is 0 Å². The van der Waals surface area contributed by atoms with Gasteiger partial charge < -0.3 is 24.6 Å². The molecule has 2 amide bonds. The summed E-state index contributed by atoms with van der Waals surface area (Å²) in [6.07, 6.45) is 4.34. The van der Waals surface area contributed by atoms with Crippen LogP contribution in [0.15, 0.2) is 36.4 Å². The molecule has 1 N–H and O–H groups in total. The predicted molar refractivity (Wildman–Crippen MR) is 123 cm³/mol. The second kappa shape index (κ2) is 9.51. The largest absolute Gasteiger partial charge is 0.497 e. The molecule has 2 aliphatic heterocycles. The monoisotopic (exact) mass is 437 g/mol. The van der Waals surface area contributed by atoms with Gasteiger partial charge >= 0.3 is 0 Å². The van der Waals surface area contributed by atoms with Crippen LogP contribution in [0.5, 0.6) is 11.5 Å². The molecule has 1 fully saturated rings. The summed E-state index contributed by atoms with van der Waals surface area (Å²) in [6, 6.07) is 10.9. The van der Waals surface area contributed by atoms with E-state index in [0.717, 1.165) is 50.0 Å². The smallest absolute Gasteiger partial charge is 0.257 e. The van der Waals surface area contributed by atoms with Crippen LogP contribution in [0.2, 0.25) is 0 Å². The average Bonchev–Trinajstić information content (AvgIpc) is 3.08. The van der Waals surface area contributed by atoms with Gasteiger partial charge in [0.05, 0.1) is 25.5 Å². The number of hydrogen-bond donors (Lipinski definition) is 1. The van der Waals surface area contributed by atoms with Crippen molar-refractivity contribution < 1.29 is 19.1 Å². The fourth-order valence-corrected chi connectivity index (χ4v) is 4.74. The highest BCUT2D eigenvalue weighted by molar-refractivity contribution is 6.04. The fourth-order valence-electron chi connectivity index (χ4n) is 4.74. The van der Waals surface area contributed by atoms with E-state index >= 15 is 0 Å². The molecule has 32 heavy (non-hydrogen) atoms. The standard InChI is InChI=1S/C25H31N3O4/c1-4-27-21-15-17(9-11-20(21)25(30)28-13-7-5-6-8-23(27)28)24(29)26-16-18-14-19(31-2)10-12-22(18)32-3/h9-12,14-15,23H,4-8,13,16H2,1-3H3,(H,26,29)/t23-/m0/s1. The van der Waals surface area contributed by atoms with Gasteiger partial charge in [-0.15, -0.1) is 0 Å². The number of benzene rings is 2. The molecule has 0 unspecified atom stereocenters. The van der Waals surface area contributed by atoms with Gasteiger partial charge in [-0.25, -0.2) is 0 Å². The first kappa shape index (κ1) is 22.0. The van der Waals surface area contributed by atoms with Gasteiger partial charge in [0.2, 0.25) is 0 Å². The maximum absolute atomic E-state index is 13.2. The van der Waals surface area contributed by atoms with Gasteiger partial charge in [0.1, 0.15) is 17.7 Å². The molecule has 2 heterocycles. The summed E-state index contributed by atoms with van der Waals surface area (Å²) in [6.45, 7) is 3.99. The van der Waals surface area contributed by atoms with Gasteiger partial charge in [-0.05, 0) is 62.6 Å². The predicted octanol–water partition coefficient (Wildman–Crippen LogP) is 3.82. The minimum atomic E-state index is -0.190. The van der Waals surface area contributed by atoms with Crippen LogP contribution >= 0.6 is 0 Å². The Bertz CT molecular complexity index is 1010. The lowest BCUT2D eigenvalue weighted by Gasteiger charge is -2.44. The van der Waals surface area contributed by atoms with Crippen molar-refractivity contribution in [3.8, 4) is 11.5 Å². The van der Waals surface area contributed by atoms with Crippen LogP contribution in [0, 0.1) is 0 Å². The Labute approximate surface area is 189 Å². The topological polar surface area (TPSA) is 71.1 Å². The lowest BCUT2D eigenvalue weighted by molar-refractivity contribution is 0.0656. The Morgan fingerprint density at radius 3 is 2.69 bits per heavy atom. The number of carbonyl (C=O) groups is 2. The molecule has 7 heteroatoms. The quantitative estimate of drug-likeness (QED) is 0.744. The maximum Gasteiger partial charge on any atom is 0.257 e. The zero-order valence-electron chi connectivity index (χ0n) is 19.0. The van der Waals surface area contributed by atoms with Crippen molar-refractivity contribution in [3.05, 3.63) is 53.1 Å². The second-order valence-electron chi connectivity index (χ2n) is 8.21. The third-order valence-corrected chi connectivity index (χ3v) is 6.41. The summed E-state index contributed by atoms with van der Waals surface area (Å²) in [4.78, 5) is 30.4. The van der Waals surface area contributed by atoms with Crippen LogP contribution in [0.25, 0.3) is 0 Å². The van der Waals surface area contributed by atoms with Crippen LogP contribution in [0.3, 0.4) is 0 Å². The number of carbonyl (C=O) groups excluding carboxylic acids is 2. The minimum Gasteiger partial charge on any atom is -0.497 e. The van der Waals surface area contributed by atoms with E-state index in [2.05, 4.69) is 17.1 Å². The number of nitrogens with zero attached hydrogens (tertiary/aromatic N) is 2. The Morgan fingerprint density at radius 2 is 1.94 bits per heavy atom. The molecule has 0 radical (unpaired) electrons. The number of ether oxygens (including phenoxy) is 2. The van der Waals surface area contributed by atoms with Gasteiger partial charge in [0.15, 0.2) is 0 Å². The SMILES string of the molecule is CCN1c2cc(C(=O)NCc3cc(OC)ccc3OC)ccc2C(=O)N2CCCCC[C@H]21. The van der Waals surface area contributed by atoms with Crippen LogP contribution in [-0.2, 0) is 6.54 Å². The maximum atomic E-state index is 13.2. The summed E-state index contributed by atoms with van der Waals surface area (Å²) in [7, 11) is 3.21. The van der Waals surface area contributed by atoms with E-state index in [-0.39, 0.29) is 18.0 Å². The molecular formula is C25H31N3O4. The van der Waals surface area contributed by atoms with Crippen LogP contribution < -0.4 is 19.7 Å². The zero-order valence-corrected chi connectivity index (χ0v) is 19.0. The number of nitrogens with one attached hydrogen (secondary N) is 1. The number of hydrogen-bond acceptors (Lipinski definition) is 5. The van der Waals surface area contributed by atoms with Gasteiger partial charge in [-0.1, -0.05) is 6.42 Å². The summed E-state index contributed by atoms with van der Waals surface area (Å²) in [5.41, 5.74) is 2.90. The van der Waals surface area contributed by atoms with E-state index in [1.807, 2.05) is 29.2 Å². The third-order valence-electron chi connectivity index (χ3n) is 6.41.